The predicted octanol–water partition coefficient (Wildman–Crippen LogP) is 2.75. The third-order valence-electron chi connectivity index (χ3n) is 4.33. The molecule has 30 heavy (non-hydrogen) atoms. The van der Waals surface area contributed by atoms with Crippen LogP contribution in [0.1, 0.15) is 10.4 Å². The van der Waals surface area contributed by atoms with E-state index in [0.29, 0.717) is 40.8 Å². The average Bonchev–Trinajstić information content (AvgIpc) is 3.20. The van der Waals surface area contributed by atoms with Crippen molar-refractivity contribution in [2.45, 2.75) is 0 Å². The van der Waals surface area contributed by atoms with E-state index in [1.807, 2.05) is 0 Å². The number of carbonyl (C=O) groups excluding carboxylic acids is 1. The highest BCUT2D eigenvalue weighted by atomic mass is 19.1. The predicted molar refractivity (Wildman–Crippen MR) is 107 cm³/mol. The Morgan fingerprint density at radius 3 is 2.53 bits per heavy atom. The summed E-state index contributed by atoms with van der Waals surface area (Å²) in [4.78, 5) is 12.2. The first-order chi connectivity index (χ1) is 14.6. The molecule has 0 aliphatic heterocycles. The molecule has 0 radical (unpaired) electrons. The highest BCUT2D eigenvalue weighted by Crippen LogP contribution is 2.19. The molecule has 2 aromatic carbocycles. The first kappa shape index (κ1) is 19.3. The molecule has 0 atom stereocenters. The Hall–Kier alpha value is -4.01. The van der Waals surface area contributed by atoms with Crippen LogP contribution in [-0.2, 0) is 0 Å². The van der Waals surface area contributed by atoms with E-state index in [-0.39, 0.29) is 18.3 Å². The number of halogens is 1. The summed E-state index contributed by atoms with van der Waals surface area (Å²) in [5, 5.41) is 15.3. The number of benzene rings is 2. The van der Waals surface area contributed by atoms with Crippen LogP contribution in [0.4, 0.5) is 4.39 Å². The van der Waals surface area contributed by atoms with Gasteiger partial charge in [0.2, 0.25) is 5.88 Å². The molecule has 4 rings (SSSR count). The molecular weight excluding hydrogens is 389 g/mol. The SMILES string of the molecule is COc1ccc(C(=O)NCCOc2ccc3nnc(-c4ccc(F)cc4)n3n2)cc1. The third-order valence-corrected chi connectivity index (χ3v) is 4.33. The van der Waals surface area contributed by atoms with E-state index in [2.05, 4.69) is 20.6 Å². The van der Waals surface area contributed by atoms with Gasteiger partial charge in [-0.2, -0.15) is 4.52 Å². The summed E-state index contributed by atoms with van der Waals surface area (Å²) in [6.07, 6.45) is 0. The summed E-state index contributed by atoms with van der Waals surface area (Å²) < 4.78 is 25.4. The Labute approximate surface area is 171 Å². The van der Waals surface area contributed by atoms with Gasteiger partial charge in [0.25, 0.3) is 5.91 Å². The zero-order chi connectivity index (χ0) is 20.9. The summed E-state index contributed by atoms with van der Waals surface area (Å²) >= 11 is 0. The van der Waals surface area contributed by atoms with Crippen molar-refractivity contribution in [1.82, 2.24) is 25.1 Å². The van der Waals surface area contributed by atoms with E-state index in [9.17, 15) is 9.18 Å². The molecule has 2 heterocycles. The normalized spacial score (nSPS) is 10.7. The lowest BCUT2D eigenvalue weighted by Gasteiger charge is -2.08. The number of fused-ring (bicyclic) bond motifs is 1. The van der Waals surface area contributed by atoms with Crippen molar-refractivity contribution < 1.29 is 18.7 Å². The Kier molecular flexibility index (Phi) is 5.51. The standard InChI is InChI=1S/C21H18FN5O3/c1-29-17-8-4-15(5-9-17)21(28)23-12-13-30-19-11-10-18-24-25-20(27(18)26-19)14-2-6-16(22)7-3-14/h2-11H,12-13H2,1H3,(H,23,28). The summed E-state index contributed by atoms with van der Waals surface area (Å²) in [6, 6.07) is 16.1. The van der Waals surface area contributed by atoms with Gasteiger partial charge in [0.15, 0.2) is 11.5 Å². The second-order valence-electron chi connectivity index (χ2n) is 6.30. The first-order valence-electron chi connectivity index (χ1n) is 9.17. The van der Waals surface area contributed by atoms with Crippen LogP contribution >= 0.6 is 0 Å². The molecule has 1 amide bonds. The van der Waals surface area contributed by atoms with Crippen molar-refractivity contribution in [2.75, 3.05) is 20.3 Å². The number of hydrogen-bond donors (Lipinski definition) is 1. The Morgan fingerprint density at radius 2 is 1.80 bits per heavy atom. The van der Waals surface area contributed by atoms with Crippen molar-refractivity contribution in [3.8, 4) is 23.0 Å². The smallest absolute Gasteiger partial charge is 0.251 e. The van der Waals surface area contributed by atoms with Gasteiger partial charge in [-0.15, -0.1) is 15.3 Å². The van der Waals surface area contributed by atoms with Crippen molar-refractivity contribution in [2.24, 2.45) is 0 Å². The minimum Gasteiger partial charge on any atom is -0.497 e. The lowest BCUT2D eigenvalue weighted by Crippen LogP contribution is -2.28. The molecule has 0 unspecified atom stereocenters. The van der Waals surface area contributed by atoms with Crippen LogP contribution in [0.5, 0.6) is 11.6 Å². The van der Waals surface area contributed by atoms with E-state index in [1.54, 1.807) is 55.6 Å². The number of nitrogens with one attached hydrogen (secondary N) is 1. The molecule has 0 spiro atoms. The monoisotopic (exact) mass is 407 g/mol. The highest BCUT2D eigenvalue weighted by molar-refractivity contribution is 5.94. The van der Waals surface area contributed by atoms with E-state index in [0.717, 1.165) is 0 Å². The molecule has 152 valence electrons. The van der Waals surface area contributed by atoms with Crippen LogP contribution in [-0.4, -0.2) is 46.0 Å². The zero-order valence-corrected chi connectivity index (χ0v) is 16.1. The minimum atomic E-state index is -0.332. The topological polar surface area (TPSA) is 90.6 Å². The first-order valence-corrected chi connectivity index (χ1v) is 9.17. The lowest BCUT2D eigenvalue weighted by atomic mass is 10.2. The average molecular weight is 407 g/mol. The fourth-order valence-corrected chi connectivity index (χ4v) is 2.79. The van der Waals surface area contributed by atoms with Crippen LogP contribution in [0.3, 0.4) is 0 Å². The number of amides is 1. The Balaban J connectivity index is 1.37. The number of nitrogens with zero attached hydrogens (tertiary/aromatic N) is 4. The largest absolute Gasteiger partial charge is 0.497 e. The number of ether oxygens (including phenoxy) is 2. The van der Waals surface area contributed by atoms with Gasteiger partial charge in [-0.1, -0.05) is 0 Å². The van der Waals surface area contributed by atoms with Crippen LogP contribution < -0.4 is 14.8 Å². The molecule has 8 nitrogen and oxygen atoms in total. The van der Waals surface area contributed by atoms with Crippen LogP contribution in [0.15, 0.2) is 60.7 Å². The second kappa shape index (κ2) is 8.56. The maximum absolute atomic E-state index is 13.2. The third kappa shape index (κ3) is 4.19. The number of rotatable bonds is 7. The summed E-state index contributed by atoms with van der Waals surface area (Å²) in [7, 11) is 1.57. The van der Waals surface area contributed by atoms with E-state index < -0.39 is 0 Å². The van der Waals surface area contributed by atoms with Gasteiger partial charge in [-0.3, -0.25) is 4.79 Å². The summed E-state index contributed by atoms with van der Waals surface area (Å²) in [5.74, 6) is 0.973. The number of carbonyl (C=O) groups is 1. The summed E-state index contributed by atoms with van der Waals surface area (Å²) in [5.41, 5.74) is 1.75. The lowest BCUT2D eigenvalue weighted by molar-refractivity contribution is 0.0946. The van der Waals surface area contributed by atoms with Crippen LogP contribution in [0, 0.1) is 5.82 Å². The molecule has 0 bridgehead atoms. The van der Waals surface area contributed by atoms with Gasteiger partial charge in [-0.05, 0) is 54.6 Å². The number of aromatic nitrogens is 4. The van der Waals surface area contributed by atoms with Crippen molar-refractivity contribution >= 4 is 11.6 Å². The molecule has 0 aliphatic rings. The molecule has 9 heteroatoms. The summed E-state index contributed by atoms with van der Waals surface area (Å²) in [6.45, 7) is 0.534. The minimum absolute atomic E-state index is 0.206. The molecule has 2 aromatic heterocycles. The molecule has 0 fully saturated rings. The van der Waals surface area contributed by atoms with E-state index >= 15 is 0 Å². The van der Waals surface area contributed by atoms with Gasteiger partial charge in [0.05, 0.1) is 13.7 Å². The van der Waals surface area contributed by atoms with Crippen molar-refractivity contribution in [3.05, 3.63) is 72.0 Å². The molecule has 4 aromatic rings. The number of hydrogen-bond acceptors (Lipinski definition) is 6. The molecule has 1 N–H and O–H groups in total. The van der Waals surface area contributed by atoms with Crippen LogP contribution in [0.25, 0.3) is 17.0 Å². The van der Waals surface area contributed by atoms with Gasteiger partial charge in [0.1, 0.15) is 18.2 Å². The van der Waals surface area contributed by atoms with E-state index in [4.69, 9.17) is 9.47 Å². The highest BCUT2D eigenvalue weighted by Gasteiger charge is 2.11. The number of methoxy groups -OCH3 is 1. The van der Waals surface area contributed by atoms with E-state index in [1.165, 1.54) is 16.6 Å². The van der Waals surface area contributed by atoms with Gasteiger partial charge < -0.3 is 14.8 Å². The van der Waals surface area contributed by atoms with Crippen LogP contribution in [0.2, 0.25) is 0 Å². The maximum atomic E-state index is 13.2. The fourth-order valence-electron chi connectivity index (χ4n) is 2.79. The quantitative estimate of drug-likeness (QED) is 0.474. The maximum Gasteiger partial charge on any atom is 0.251 e. The Bertz CT molecular complexity index is 1160. The van der Waals surface area contributed by atoms with Crippen molar-refractivity contribution in [3.63, 3.8) is 0 Å². The van der Waals surface area contributed by atoms with Crippen molar-refractivity contribution in [1.29, 1.82) is 0 Å². The zero-order valence-electron chi connectivity index (χ0n) is 16.1. The molecule has 0 saturated heterocycles. The fraction of sp³-hybridized carbons (Fsp3) is 0.143. The molecule has 0 saturated carbocycles. The Morgan fingerprint density at radius 1 is 1.03 bits per heavy atom. The van der Waals surface area contributed by atoms with Gasteiger partial charge in [-0.25, -0.2) is 4.39 Å². The second-order valence-corrected chi connectivity index (χ2v) is 6.30. The van der Waals surface area contributed by atoms with Gasteiger partial charge in [0, 0.05) is 17.2 Å². The molecule has 0 aliphatic carbocycles. The van der Waals surface area contributed by atoms with Gasteiger partial charge >= 0.3 is 0 Å². The molecular formula is C21H18FN5O3.